The molecule has 2 heterocycles. The molecule has 0 aliphatic rings. The van der Waals surface area contributed by atoms with E-state index in [1.165, 1.54) is 0 Å². The lowest BCUT2D eigenvalue weighted by Crippen LogP contribution is -2.12. The molecule has 2 rings (SSSR count). The quantitative estimate of drug-likeness (QED) is 0.831. The molecule has 0 saturated carbocycles. The Balaban J connectivity index is 2.18. The number of aromatic nitrogens is 3. The van der Waals surface area contributed by atoms with Crippen molar-refractivity contribution in [3.8, 4) is 11.5 Å². The zero-order valence-electron chi connectivity index (χ0n) is 9.43. The summed E-state index contributed by atoms with van der Waals surface area (Å²) in [4.78, 5) is 18.8. The molecular formula is C11H9F2N3O2. The Labute approximate surface area is 101 Å². The summed E-state index contributed by atoms with van der Waals surface area (Å²) in [6.45, 7) is 1.80. The number of alkyl halides is 2. The molecule has 0 aliphatic heterocycles. The van der Waals surface area contributed by atoms with Crippen LogP contribution in [-0.4, -0.2) is 27.3 Å². The number of hydrogen-bond donors (Lipinski definition) is 0. The van der Waals surface area contributed by atoms with Crippen LogP contribution in [0.2, 0.25) is 0 Å². The summed E-state index contributed by atoms with van der Waals surface area (Å²) < 4.78 is 28.8. The Bertz CT molecular complexity index is 569. The van der Waals surface area contributed by atoms with Gasteiger partial charge in [0.2, 0.25) is 17.5 Å². The first kappa shape index (κ1) is 12.3. The van der Waals surface area contributed by atoms with E-state index in [1.54, 1.807) is 25.1 Å². The Kier molecular flexibility index (Phi) is 3.40. The molecule has 0 saturated heterocycles. The number of hydrogen-bond acceptors (Lipinski definition) is 5. The van der Waals surface area contributed by atoms with Crippen molar-refractivity contribution in [2.24, 2.45) is 0 Å². The third kappa shape index (κ3) is 2.73. The average Bonchev–Trinajstić information content (AvgIpc) is 2.77. The number of rotatable bonds is 4. The van der Waals surface area contributed by atoms with Crippen molar-refractivity contribution in [3.63, 3.8) is 0 Å². The van der Waals surface area contributed by atoms with Crippen molar-refractivity contribution >= 4 is 5.78 Å². The maximum Gasteiger partial charge on any atom is 0.296 e. The van der Waals surface area contributed by atoms with Crippen LogP contribution in [0.25, 0.3) is 11.5 Å². The lowest BCUT2D eigenvalue weighted by Gasteiger charge is -1.94. The number of Topliss-reactive ketones (excluding diaryl/α,β-unsaturated/α-hetero) is 1. The number of carbonyl (C=O) groups excluding carboxylic acids is 1. The number of ketones is 1. The molecule has 2 aromatic rings. The zero-order chi connectivity index (χ0) is 13.1. The summed E-state index contributed by atoms with van der Waals surface area (Å²) in [7, 11) is 0. The van der Waals surface area contributed by atoms with E-state index in [4.69, 9.17) is 4.52 Å². The lowest BCUT2D eigenvalue weighted by molar-refractivity contribution is -0.129. The molecule has 5 nitrogen and oxygen atoms in total. The molecule has 2 aromatic heterocycles. The van der Waals surface area contributed by atoms with E-state index in [-0.39, 0.29) is 11.7 Å². The minimum absolute atomic E-state index is 0.140. The molecule has 7 heteroatoms. The molecule has 0 radical (unpaired) electrons. The van der Waals surface area contributed by atoms with E-state index in [1.807, 2.05) is 0 Å². The molecule has 0 aliphatic carbocycles. The lowest BCUT2D eigenvalue weighted by atomic mass is 10.3. The van der Waals surface area contributed by atoms with E-state index >= 15 is 0 Å². The largest absolute Gasteiger partial charge is 0.338 e. The second-order valence-electron chi connectivity index (χ2n) is 3.62. The van der Waals surface area contributed by atoms with Gasteiger partial charge in [-0.2, -0.15) is 4.98 Å². The molecule has 0 atom stereocenters. The van der Waals surface area contributed by atoms with E-state index in [0.29, 0.717) is 5.69 Å². The highest BCUT2D eigenvalue weighted by Gasteiger charge is 2.20. The Morgan fingerprint density at radius 3 is 2.83 bits per heavy atom. The van der Waals surface area contributed by atoms with Gasteiger partial charge in [-0.3, -0.25) is 4.79 Å². The van der Waals surface area contributed by atoms with Gasteiger partial charge in [0.15, 0.2) is 0 Å². The normalized spacial score (nSPS) is 10.9. The average molecular weight is 253 g/mol. The van der Waals surface area contributed by atoms with Crippen LogP contribution in [0.4, 0.5) is 8.78 Å². The smallest absolute Gasteiger partial charge is 0.296 e. The first-order valence-corrected chi connectivity index (χ1v) is 5.14. The van der Waals surface area contributed by atoms with Crippen molar-refractivity contribution in [1.82, 2.24) is 15.1 Å². The van der Waals surface area contributed by atoms with Crippen LogP contribution in [0.1, 0.15) is 11.6 Å². The minimum atomic E-state index is -3.03. The fourth-order valence-electron chi connectivity index (χ4n) is 1.32. The van der Waals surface area contributed by atoms with Gasteiger partial charge in [-0.1, -0.05) is 11.2 Å². The van der Waals surface area contributed by atoms with Gasteiger partial charge >= 0.3 is 0 Å². The molecule has 18 heavy (non-hydrogen) atoms. The van der Waals surface area contributed by atoms with Gasteiger partial charge in [0.05, 0.1) is 6.42 Å². The number of halogens is 2. The highest BCUT2D eigenvalue weighted by atomic mass is 19.3. The number of aryl methyl sites for hydroxylation is 1. The maximum absolute atomic E-state index is 12.0. The van der Waals surface area contributed by atoms with Crippen LogP contribution >= 0.6 is 0 Å². The summed E-state index contributed by atoms with van der Waals surface area (Å²) >= 11 is 0. The summed E-state index contributed by atoms with van der Waals surface area (Å²) in [6.07, 6.45) is -3.60. The third-order valence-corrected chi connectivity index (χ3v) is 2.15. The van der Waals surface area contributed by atoms with Crippen LogP contribution in [0.5, 0.6) is 0 Å². The molecule has 0 fully saturated rings. The topological polar surface area (TPSA) is 68.9 Å². The van der Waals surface area contributed by atoms with Gasteiger partial charge in [0.25, 0.3) is 6.43 Å². The monoisotopic (exact) mass is 253 g/mol. The van der Waals surface area contributed by atoms with Gasteiger partial charge in [0, 0.05) is 5.69 Å². The highest BCUT2D eigenvalue weighted by Crippen LogP contribution is 2.14. The van der Waals surface area contributed by atoms with Crippen LogP contribution in [0.15, 0.2) is 22.7 Å². The van der Waals surface area contributed by atoms with Crippen LogP contribution in [0, 0.1) is 6.92 Å². The minimum Gasteiger partial charge on any atom is -0.338 e. The number of carbonyl (C=O) groups is 1. The third-order valence-electron chi connectivity index (χ3n) is 2.15. The standard InChI is InChI=1S/C11H9F2N3O2/c1-6-3-2-4-7(14-6)11-15-9(18-16-11)5-8(17)10(12)13/h2-4,10H,5H2,1H3. The first-order chi connectivity index (χ1) is 8.56. The summed E-state index contributed by atoms with van der Waals surface area (Å²) in [6, 6.07) is 5.22. The van der Waals surface area contributed by atoms with E-state index in [0.717, 1.165) is 5.69 Å². The van der Waals surface area contributed by atoms with E-state index in [9.17, 15) is 13.6 Å². The fourth-order valence-corrected chi connectivity index (χ4v) is 1.32. The molecule has 0 aromatic carbocycles. The number of nitrogens with zero attached hydrogens (tertiary/aromatic N) is 3. The van der Waals surface area contributed by atoms with Gasteiger partial charge in [-0.05, 0) is 19.1 Å². The van der Waals surface area contributed by atoms with Crippen molar-refractivity contribution in [2.45, 2.75) is 19.8 Å². The van der Waals surface area contributed by atoms with Crippen LogP contribution < -0.4 is 0 Å². The van der Waals surface area contributed by atoms with E-state index in [2.05, 4.69) is 15.1 Å². The Hall–Kier alpha value is -2.18. The predicted molar refractivity (Wildman–Crippen MR) is 57.0 cm³/mol. The predicted octanol–water partition coefficient (Wildman–Crippen LogP) is 1.82. The Morgan fingerprint density at radius 1 is 1.39 bits per heavy atom. The van der Waals surface area contributed by atoms with E-state index < -0.39 is 18.6 Å². The number of pyridine rings is 1. The second-order valence-corrected chi connectivity index (χ2v) is 3.62. The van der Waals surface area contributed by atoms with Gasteiger partial charge < -0.3 is 4.52 Å². The van der Waals surface area contributed by atoms with Crippen LogP contribution in [-0.2, 0) is 11.2 Å². The molecule has 0 bridgehead atoms. The Morgan fingerprint density at radius 2 is 2.17 bits per heavy atom. The SMILES string of the molecule is Cc1cccc(-c2noc(CC(=O)C(F)F)n2)n1. The summed E-state index contributed by atoms with van der Waals surface area (Å²) in [5, 5.41) is 3.59. The zero-order valence-corrected chi connectivity index (χ0v) is 9.43. The second kappa shape index (κ2) is 4.99. The highest BCUT2D eigenvalue weighted by molar-refractivity contribution is 5.82. The molecule has 0 unspecified atom stereocenters. The van der Waals surface area contributed by atoms with Crippen molar-refractivity contribution in [1.29, 1.82) is 0 Å². The van der Waals surface area contributed by atoms with Gasteiger partial charge in [0.1, 0.15) is 5.69 Å². The van der Waals surface area contributed by atoms with Crippen molar-refractivity contribution < 1.29 is 18.1 Å². The molecule has 94 valence electrons. The van der Waals surface area contributed by atoms with Crippen molar-refractivity contribution in [3.05, 3.63) is 29.8 Å². The molecule has 0 N–H and O–H groups in total. The summed E-state index contributed by atoms with van der Waals surface area (Å²) in [5.41, 5.74) is 1.23. The summed E-state index contributed by atoms with van der Waals surface area (Å²) in [5.74, 6) is -1.21. The fraction of sp³-hybridized carbons (Fsp3) is 0.273. The molecule has 0 amide bonds. The first-order valence-electron chi connectivity index (χ1n) is 5.14. The van der Waals surface area contributed by atoms with Gasteiger partial charge in [-0.25, -0.2) is 13.8 Å². The maximum atomic E-state index is 12.0. The molecule has 0 spiro atoms. The van der Waals surface area contributed by atoms with Gasteiger partial charge in [-0.15, -0.1) is 0 Å². The van der Waals surface area contributed by atoms with Crippen molar-refractivity contribution in [2.75, 3.05) is 0 Å². The molecular weight excluding hydrogens is 244 g/mol. The van der Waals surface area contributed by atoms with Crippen LogP contribution in [0.3, 0.4) is 0 Å².